The lowest BCUT2D eigenvalue weighted by molar-refractivity contribution is 0.0778. The first-order chi connectivity index (χ1) is 17.3. The van der Waals surface area contributed by atoms with Gasteiger partial charge < -0.3 is 25.2 Å². The van der Waals surface area contributed by atoms with Crippen molar-refractivity contribution < 1.29 is 9.90 Å². The summed E-state index contributed by atoms with van der Waals surface area (Å²) < 4.78 is 2.01. The van der Waals surface area contributed by atoms with Gasteiger partial charge in [-0.25, -0.2) is 15.0 Å². The number of amides is 1. The SMILES string of the molecule is CCc1ncc(CN(C)C(=O)c2nc(-c3cc(C)cc(NC4CNC4)c3)nc3ccc(O)cc23)n1C. The number of aromatic hydroxyl groups is 1. The van der Waals surface area contributed by atoms with Crippen molar-refractivity contribution in [3.05, 3.63) is 65.4 Å². The Kier molecular flexibility index (Phi) is 6.32. The number of fused-ring (bicyclic) bond motifs is 1. The van der Waals surface area contributed by atoms with E-state index in [-0.39, 0.29) is 17.4 Å². The first kappa shape index (κ1) is 23.7. The number of nitrogens with zero attached hydrogens (tertiary/aromatic N) is 5. The first-order valence-corrected chi connectivity index (χ1v) is 12.2. The van der Waals surface area contributed by atoms with E-state index < -0.39 is 0 Å². The van der Waals surface area contributed by atoms with E-state index in [9.17, 15) is 9.90 Å². The van der Waals surface area contributed by atoms with Crippen LogP contribution in [0, 0.1) is 6.92 Å². The molecule has 2 aromatic carbocycles. The number of aromatic nitrogens is 4. The molecule has 1 amide bonds. The highest BCUT2D eigenvalue weighted by molar-refractivity contribution is 6.05. The van der Waals surface area contributed by atoms with Gasteiger partial charge in [0.05, 0.1) is 30.0 Å². The van der Waals surface area contributed by atoms with Gasteiger partial charge in [0.2, 0.25) is 0 Å². The van der Waals surface area contributed by atoms with Gasteiger partial charge in [0, 0.05) is 50.2 Å². The average Bonchev–Trinajstić information content (AvgIpc) is 3.18. The average molecular weight is 486 g/mol. The second-order valence-corrected chi connectivity index (χ2v) is 9.42. The highest BCUT2D eigenvalue weighted by Gasteiger charge is 2.22. The maximum Gasteiger partial charge on any atom is 0.273 e. The highest BCUT2D eigenvalue weighted by Crippen LogP contribution is 2.28. The number of aryl methyl sites for hydroxylation is 2. The molecule has 2 aromatic heterocycles. The molecule has 3 heterocycles. The Morgan fingerprint density at radius 3 is 2.72 bits per heavy atom. The van der Waals surface area contributed by atoms with E-state index in [1.54, 1.807) is 36.3 Å². The van der Waals surface area contributed by atoms with E-state index in [1.807, 2.05) is 30.7 Å². The van der Waals surface area contributed by atoms with Crippen LogP contribution in [0.15, 0.2) is 42.6 Å². The van der Waals surface area contributed by atoms with Crippen molar-refractivity contribution in [1.82, 2.24) is 29.7 Å². The molecule has 9 heteroatoms. The summed E-state index contributed by atoms with van der Waals surface area (Å²) >= 11 is 0. The van der Waals surface area contributed by atoms with Gasteiger partial charge in [-0.15, -0.1) is 0 Å². The molecule has 0 aliphatic carbocycles. The minimum atomic E-state index is -0.250. The molecular weight excluding hydrogens is 454 g/mol. The van der Waals surface area contributed by atoms with Gasteiger partial charge in [0.1, 0.15) is 17.3 Å². The number of hydrogen-bond donors (Lipinski definition) is 3. The quantitative estimate of drug-likeness (QED) is 0.369. The first-order valence-electron chi connectivity index (χ1n) is 12.2. The van der Waals surface area contributed by atoms with Crippen molar-refractivity contribution in [2.24, 2.45) is 7.05 Å². The van der Waals surface area contributed by atoms with Crippen molar-refractivity contribution >= 4 is 22.5 Å². The summed E-state index contributed by atoms with van der Waals surface area (Å²) in [5, 5.41) is 17.5. The van der Waals surface area contributed by atoms with Crippen LogP contribution in [0.4, 0.5) is 5.69 Å². The Balaban J connectivity index is 1.54. The summed E-state index contributed by atoms with van der Waals surface area (Å²) in [5.41, 5.74) is 4.69. The molecule has 5 rings (SSSR count). The largest absolute Gasteiger partial charge is 0.508 e. The molecule has 0 bridgehead atoms. The Labute approximate surface area is 210 Å². The second kappa shape index (κ2) is 9.58. The summed E-state index contributed by atoms with van der Waals surface area (Å²) in [6.07, 6.45) is 2.62. The van der Waals surface area contributed by atoms with Crippen molar-refractivity contribution in [2.45, 2.75) is 32.9 Å². The summed E-state index contributed by atoms with van der Waals surface area (Å²) in [5.74, 6) is 1.25. The molecule has 4 aromatic rings. The number of carbonyl (C=O) groups is 1. The molecule has 1 saturated heterocycles. The van der Waals surface area contributed by atoms with Crippen LogP contribution in [0.25, 0.3) is 22.3 Å². The molecule has 36 heavy (non-hydrogen) atoms. The standard InChI is InChI=1S/C27H31N7O2/c1-5-24-29-14-20(34(24)4)15-33(3)27(36)25-22-11-21(35)6-7-23(22)31-26(32-25)17-8-16(2)9-18(10-17)30-19-12-28-13-19/h6-11,14,19,28,30,35H,5,12-13,15H2,1-4H3. The third-order valence-corrected chi connectivity index (χ3v) is 6.61. The smallest absolute Gasteiger partial charge is 0.273 e. The van der Waals surface area contributed by atoms with Gasteiger partial charge >= 0.3 is 0 Å². The maximum atomic E-state index is 13.7. The van der Waals surface area contributed by atoms with Crippen LogP contribution in [-0.4, -0.2) is 61.6 Å². The third-order valence-electron chi connectivity index (χ3n) is 6.61. The molecule has 0 unspecified atom stereocenters. The molecule has 0 atom stereocenters. The number of nitrogens with one attached hydrogen (secondary N) is 2. The normalized spacial score (nSPS) is 13.6. The Bertz CT molecular complexity index is 1440. The number of anilines is 1. The summed E-state index contributed by atoms with van der Waals surface area (Å²) in [7, 11) is 3.71. The molecule has 0 spiro atoms. The van der Waals surface area contributed by atoms with Gasteiger partial charge in [0.25, 0.3) is 5.91 Å². The minimum Gasteiger partial charge on any atom is -0.508 e. The Morgan fingerprint density at radius 1 is 1.22 bits per heavy atom. The second-order valence-electron chi connectivity index (χ2n) is 9.42. The van der Waals surface area contributed by atoms with Crippen LogP contribution in [0.2, 0.25) is 0 Å². The molecule has 0 radical (unpaired) electrons. The van der Waals surface area contributed by atoms with Gasteiger partial charge in [0.15, 0.2) is 5.82 Å². The number of benzene rings is 2. The number of rotatable bonds is 7. The van der Waals surface area contributed by atoms with E-state index in [0.717, 1.165) is 47.8 Å². The lowest BCUT2D eigenvalue weighted by Crippen LogP contribution is -2.51. The number of phenolic OH excluding ortho intramolecular Hbond substituents is 1. The molecular formula is C27H31N7O2. The van der Waals surface area contributed by atoms with E-state index in [0.29, 0.717) is 29.3 Å². The van der Waals surface area contributed by atoms with Gasteiger partial charge in [-0.1, -0.05) is 6.92 Å². The topological polar surface area (TPSA) is 108 Å². The predicted molar refractivity (Wildman–Crippen MR) is 140 cm³/mol. The van der Waals surface area contributed by atoms with Crippen molar-refractivity contribution in [3.8, 4) is 17.1 Å². The van der Waals surface area contributed by atoms with Crippen LogP contribution in [0.1, 0.15) is 34.5 Å². The van der Waals surface area contributed by atoms with E-state index >= 15 is 0 Å². The summed E-state index contributed by atoms with van der Waals surface area (Å²) in [6.45, 7) is 6.33. The molecule has 9 nitrogen and oxygen atoms in total. The monoisotopic (exact) mass is 485 g/mol. The summed E-state index contributed by atoms with van der Waals surface area (Å²) in [4.78, 5) is 29.2. The van der Waals surface area contributed by atoms with Crippen LogP contribution >= 0.6 is 0 Å². The van der Waals surface area contributed by atoms with Crippen LogP contribution in [0.3, 0.4) is 0 Å². The lowest BCUT2D eigenvalue weighted by Gasteiger charge is -2.29. The minimum absolute atomic E-state index is 0.0610. The molecule has 1 aliphatic heterocycles. The Hall–Kier alpha value is -3.98. The molecule has 1 fully saturated rings. The van der Waals surface area contributed by atoms with Crippen LogP contribution < -0.4 is 10.6 Å². The number of hydrogen-bond acceptors (Lipinski definition) is 7. The van der Waals surface area contributed by atoms with Crippen LogP contribution in [0.5, 0.6) is 5.75 Å². The number of phenols is 1. The van der Waals surface area contributed by atoms with Crippen LogP contribution in [-0.2, 0) is 20.0 Å². The zero-order chi connectivity index (χ0) is 25.4. The number of imidazole rings is 1. The highest BCUT2D eigenvalue weighted by atomic mass is 16.3. The molecule has 1 aliphatic rings. The molecule has 186 valence electrons. The van der Waals surface area contributed by atoms with E-state index in [1.165, 1.54) is 0 Å². The summed E-state index contributed by atoms with van der Waals surface area (Å²) in [6, 6.07) is 11.4. The van der Waals surface area contributed by atoms with Crippen molar-refractivity contribution in [2.75, 3.05) is 25.5 Å². The van der Waals surface area contributed by atoms with Gasteiger partial charge in [-0.05, 0) is 48.9 Å². The van der Waals surface area contributed by atoms with Crippen molar-refractivity contribution in [3.63, 3.8) is 0 Å². The fourth-order valence-electron chi connectivity index (χ4n) is 4.49. The fraction of sp³-hybridized carbons (Fsp3) is 0.333. The lowest BCUT2D eigenvalue weighted by atomic mass is 10.1. The Morgan fingerprint density at radius 2 is 2.03 bits per heavy atom. The zero-order valence-electron chi connectivity index (χ0n) is 21.0. The predicted octanol–water partition coefficient (Wildman–Crippen LogP) is 3.26. The molecule has 0 saturated carbocycles. The van der Waals surface area contributed by atoms with Gasteiger partial charge in [-0.2, -0.15) is 0 Å². The number of carbonyl (C=O) groups excluding carboxylic acids is 1. The fourth-order valence-corrected chi connectivity index (χ4v) is 4.49. The maximum absolute atomic E-state index is 13.7. The third kappa shape index (κ3) is 4.61. The van der Waals surface area contributed by atoms with E-state index in [2.05, 4.69) is 28.6 Å². The van der Waals surface area contributed by atoms with Gasteiger partial charge in [-0.3, -0.25) is 4.79 Å². The zero-order valence-corrected chi connectivity index (χ0v) is 21.0. The molecule has 3 N–H and O–H groups in total. The van der Waals surface area contributed by atoms with E-state index in [4.69, 9.17) is 9.97 Å². The van der Waals surface area contributed by atoms with Crippen molar-refractivity contribution in [1.29, 1.82) is 0 Å².